The highest BCUT2D eigenvalue weighted by molar-refractivity contribution is 5.97. The molecule has 0 bridgehead atoms. The molecule has 2 amide bonds. The van der Waals surface area contributed by atoms with Crippen LogP contribution >= 0.6 is 0 Å². The summed E-state index contributed by atoms with van der Waals surface area (Å²) in [4.78, 5) is 27.7. The largest absolute Gasteiger partial charge is 0.336 e. The summed E-state index contributed by atoms with van der Waals surface area (Å²) in [6, 6.07) is 7.40. The second-order valence-electron chi connectivity index (χ2n) is 5.24. The fraction of sp³-hybridized carbons (Fsp3) is 0.467. The molecule has 5 nitrogen and oxygen atoms in total. The Morgan fingerprint density at radius 2 is 1.75 bits per heavy atom. The van der Waals surface area contributed by atoms with Crippen LogP contribution in [0.3, 0.4) is 0 Å². The molecule has 106 valence electrons. The average Bonchev–Trinajstić information content (AvgIpc) is 2.94. The van der Waals surface area contributed by atoms with Crippen LogP contribution in [0.2, 0.25) is 0 Å². The van der Waals surface area contributed by atoms with E-state index in [0.29, 0.717) is 12.0 Å². The Balaban J connectivity index is 1.72. The van der Waals surface area contributed by atoms with Crippen LogP contribution in [0.25, 0.3) is 0 Å². The average molecular weight is 273 g/mol. The van der Waals surface area contributed by atoms with E-state index in [4.69, 9.17) is 0 Å². The number of carbonyl (C=O) groups is 2. The molecule has 2 saturated heterocycles. The van der Waals surface area contributed by atoms with Crippen LogP contribution in [0.5, 0.6) is 0 Å². The van der Waals surface area contributed by atoms with Crippen LogP contribution in [0.15, 0.2) is 24.3 Å². The van der Waals surface area contributed by atoms with Crippen molar-refractivity contribution in [3.63, 3.8) is 0 Å². The number of amides is 2. The second kappa shape index (κ2) is 5.63. The van der Waals surface area contributed by atoms with Gasteiger partial charge >= 0.3 is 0 Å². The molecular formula is C15H19N3O2. The van der Waals surface area contributed by atoms with Crippen LogP contribution in [-0.4, -0.2) is 49.4 Å². The third kappa shape index (κ3) is 2.54. The number of piperazine rings is 1. The molecule has 0 aromatic heterocycles. The Morgan fingerprint density at radius 3 is 2.35 bits per heavy atom. The Bertz CT molecular complexity index is 506. The van der Waals surface area contributed by atoms with E-state index in [9.17, 15) is 9.59 Å². The minimum absolute atomic E-state index is 0.0748. The SMILES string of the molecule is O=C(c1ccc(N2CCCC2=O)cc1)N1CCNCC1. The van der Waals surface area contributed by atoms with Gasteiger partial charge in [-0.25, -0.2) is 0 Å². The van der Waals surface area contributed by atoms with E-state index < -0.39 is 0 Å². The molecule has 2 aliphatic heterocycles. The molecule has 20 heavy (non-hydrogen) atoms. The zero-order valence-electron chi connectivity index (χ0n) is 11.5. The number of hydrogen-bond donors (Lipinski definition) is 1. The van der Waals surface area contributed by atoms with Gasteiger partial charge in [0.05, 0.1) is 0 Å². The highest BCUT2D eigenvalue weighted by Crippen LogP contribution is 2.22. The summed E-state index contributed by atoms with van der Waals surface area (Å²) in [5.41, 5.74) is 1.59. The van der Waals surface area contributed by atoms with Gasteiger partial charge in [0, 0.05) is 50.4 Å². The first-order valence-corrected chi connectivity index (χ1v) is 7.16. The lowest BCUT2D eigenvalue weighted by atomic mass is 10.1. The zero-order chi connectivity index (χ0) is 13.9. The van der Waals surface area contributed by atoms with Crippen LogP contribution in [-0.2, 0) is 4.79 Å². The maximum absolute atomic E-state index is 12.3. The molecule has 0 radical (unpaired) electrons. The van der Waals surface area contributed by atoms with Gasteiger partial charge in [0.2, 0.25) is 5.91 Å². The van der Waals surface area contributed by atoms with Gasteiger partial charge in [-0.1, -0.05) is 0 Å². The molecule has 1 N–H and O–H groups in total. The van der Waals surface area contributed by atoms with Crippen LogP contribution < -0.4 is 10.2 Å². The molecule has 1 aromatic rings. The van der Waals surface area contributed by atoms with Crippen molar-refractivity contribution in [2.45, 2.75) is 12.8 Å². The van der Waals surface area contributed by atoms with Crippen molar-refractivity contribution in [2.24, 2.45) is 0 Å². The molecule has 2 aliphatic rings. The Hall–Kier alpha value is -1.88. The van der Waals surface area contributed by atoms with Crippen molar-refractivity contribution in [1.82, 2.24) is 10.2 Å². The third-order valence-electron chi connectivity index (χ3n) is 3.90. The first-order chi connectivity index (χ1) is 9.75. The van der Waals surface area contributed by atoms with Gasteiger partial charge in [0.1, 0.15) is 0 Å². The fourth-order valence-corrected chi connectivity index (χ4v) is 2.76. The Labute approximate surface area is 118 Å². The number of nitrogens with zero attached hydrogens (tertiary/aromatic N) is 2. The van der Waals surface area contributed by atoms with Gasteiger partial charge in [-0.05, 0) is 30.7 Å². The Morgan fingerprint density at radius 1 is 1.05 bits per heavy atom. The molecule has 3 rings (SSSR count). The summed E-state index contributed by atoms with van der Waals surface area (Å²) < 4.78 is 0. The minimum atomic E-state index is 0.0748. The van der Waals surface area contributed by atoms with Crippen molar-refractivity contribution in [1.29, 1.82) is 0 Å². The topological polar surface area (TPSA) is 52.7 Å². The monoisotopic (exact) mass is 273 g/mol. The number of nitrogens with one attached hydrogen (secondary N) is 1. The number of rotatable bonds is 2. The van der Waals surface area contributed by atoms with Gasteiger partial charge in [-0.2, -0.15) is 0 Å². The highest BCUT2D eigenvalue weighted by Gasteiger charge is 2.22. The standard InChI is InChI=1S/C15H19N3O2/c19-14-2-1-9-18(14)13-5-3-12(4-6-13)15(20)17-10-7-16-8-11-17/h3-6,16H,1-2,7-11H2. The molecule has 0 saturated carbocycles. The highest BCUT2D eigenvalue weighted by atomic mass is 16.2. The molecule has 2 heterocycles. The zero-order valence-corrected chi connectivity index (χ0v) is 11.5. The number of carbonyl (C=O) groups excluding carboxylic acids is 2. The normalized spacial score (nSPS) is 19.5. The van der Waals surface area contributed by atoms with Crippen LogP contribution in [0, 0.1) is 0 Å². The third-order valence-corrected chi connectivity index (χ3v) is 3.90. The first kappa shape index (κ1) is 13.1. The van der Waals surface area contributed by atoms with Gasteiger partial charge < -0.3 is 15.1 Å². The van der Waals surface area contributed by atoms with Gasteiger partial charge in [0.15, 0.2) is 0 Å². The number of anilines is 1. The summed E-state index contributed by atoms with van der Waals surface area (Å²) >= 11 is 0. The van der Waals surface area contributed by atoms with E-state index in [2.05, 4.69) is 5.32 Å². The maximum Gasteiger partial charge on any atom is 0.253 e. The first-order valence-electron chi connectivity index (χ1n) is 7.16. The predicted molar refractivity (Wildman–Crippen MR) is 76.8 cm³/mol. The summed E-state index contributed by atoms with van der Waals surface area (Å²) in [7, 11) is 0. The van der Waals surface area contributed by atoms with Crippen molar-refractivity contribution in [3.05, 3.63) is 29.8 Å². The number of hydrogen-bond acceptors (Lipinski definition) is 3. The van der Waals surface area contributed by atoms with Gasteiger partial charge in [0.25, 0.3) is 5.91 Å². The molecule has 0 unspecified atom stereocenters. The van der Waals surface area contributed by atoms with E-state index in [1.165, 1.54) is 0 Å². The van der Waals surface area contributed by atoms with E-state index >= 15 is 0 Å². The van der Waals surface area contributed by atoms with E-state index in [-0.39, 0.29) is 11.8 Å². The van der Waals surface area contributed by atoms with E-state index in [0.717, 1.165) is 44.8 Å². The van der Waals surface area contributed by atoms with Crippen molar-refractivity contribution >= 4 is 17.5 Å². The molecule has 1 aromatic carbocycles. The fourth-order valence-electron chi connectivity index (χ4n) is 2.76. The van der Waals surface area contributed by atoms with Crippen LogP contribution in [0.4, 0.5) is 5.69 Å². The van der Waals surface area contributed by atoms with Crippen molar-refractivity contribution < 1.29 is 9.59 Å². The van der Waals surface area contributed by atoms with Crippen LogP contribution in [0.1, 0.15) is 23.2 Å². The Kier molecular flexibility index (Phi) is 3.69. The lowest BCUT2D eigenvalue weighted by Crippen LogP contribution is -2.46. The molecule has 2 fully saturated rings. The molecule has 0 atom stereocenters. The molecule has 0 spiro atoms. The smallest absolute Gasteiger partial charge is 0.253 e. The number of benzene rings is 1. The summed E-state index contributed by atoms with van der Waals surface area (Å²) in [5.74, 6) is 0.247. The molecule has 5 heteroatoms. The quantitative estimate of drug-likeness (QED) is 0.869. The molecule has 0 aliphatic carbocycles. The minimum Gasteiger partial charge on any atom is -0.336 e. The summed E-state index contributed by atoms with van der Waals surface area (Å²) in [6.07, 6.45) is 1.54. The van der Waals surface area contributed by atoms with Crippen molar-refractivity contribution in [2.75, 3.05) is 37.6 Å². The van der Waals surface area contributed by atoms with Gasteiger partial charge in [-0.15, -0.1) is 0 Å². The predicted octanol–water partition coefficient (Wildman–Crippen LogP) is 0.859. The second-order valence-corrected chi connectivity index (χ2v) is 5.24. The summed E-state index contributed by atoms with van der Waals surface area (Å²) in [6.45, 7) is 4.00. The maximum atomic E-state index is 12.3. The van der Waals surface area contributed by atoms with E-state index in [1.54, 1.807) is 4.90 Å². The lowest BCUT2D eigenvalue weighted by Gasteiger charge is -2.27. The van der Waals surface area contributed by atoms with E-state index in [1.807, 2.05) is 29.2 Å². The summed E-state index contributed by atoms with van der Waals surface area (Å²) in [5, 5.41) is 3.23. The molecular weight excluding hydrogens is 254 g/mol. The lowest BCUT2D eigenvalue weighted by molar-refractivity contribution is -0.117. The van der Waals surface area contributed by atoms with Gasteiger partial charge in [-0.3, -0.25) is 9.59 Å². The van der Waals surface area contributed by atoms with Crippen molar-refractivity contribution in [3.8, 4) is 0 Å².